The van der Waals surface area contributed by atoms with E-state index in [4.69, 9.17) is 24.8 Å². The number of carbonyl (C=O) groups is 4. The lowest BCUT2D eigenvalue weighted by Crippen LogP contribution is -2.60. The number of Topliss-reactive ketones (excluding diaryl/α,β-unsaturated/α-hetero) is 1. The highest BCUT2D eigenvalue weighted by Gasteiger charge is 2.45. The molecule has 1 aliphatic heterocycles. The molecule has 3 aromatic carbocycles. The number of hydrogen-bond acceptors (Lipinski definition) is 15. The molecule has 18 heteroatoms. The Morgan fingerprint density at radius 1 is 0.701 bits per heavy atom. The number of amides is 3. The van der Waals surface area contributed by atoms with Crippen LogP contribution >= 0.6 is 0 Å². The normalized spacial score (nSPS) is 20.1. The number of hydrazine groups is 1. The number of carbonyl (C=O) groups excluding carboxylic acids is 4. The third kappa shape index (κ3) is 19.7. The fourth-order valence-corrected chi connectivity index (χ4v) is 10.3. The van der Waals surface area contributed by atoms with Crippen LogP contribution < -0.4 is 27.2 Å². The minimum absolute atomic E-state index is 0.0875. The fraction of sp³-hybridized carbons (Fsp3) is 0.627. The second kappa shape index (κ2) is 33.4. The Labute approximate surface area is 455 Å². The maximum atomic E-state index is 13.9. The summed E-state index contributed by atoms with van der Waals surface area (Å²) in [5.74, 6) is 3.34. The Bertz CT molecular complexity index is 2190. The number of fused-ring (bicyclic) bond motifs is 3. The number of unbranched alkanes of at least 4 members (excludes halogenated alkanes) is 11. The van der Waals surface area contributed by atoms with Gasteiger partial charge in [0.2, 0.25) is 5.91 Å². The molecular weight excluding hydrogens is 987 g/mol. The van der Waals surface area contributed by atoms with Crippen molar-refractivity contribution in [2.24, 2.45) is 23.6 Å². The maximum Gasteiger partial charge on any atom is 0.407 e. The molecule has 1 saturated heterocycles. The van der Waals surface area contributed by atoms with Crippen molar-refractivity contribution in [1.29, 1.82) is 0 Å². The van der Waals surface area contributed by atoms with Crippen LogP contribution in [-0.2, 0) is 35.1 Å². The summed E-state index contributed by atoms with van der Waals surface area (Å²) < 4.78 is 22.6. The summed E-state index contributed by atoms with van der Waals surface area (Å²) in [4.78, 5) is 54.3. The Morgan fingerprint density at radius 3 is 1.87 bits per heavy atom. The fourth-order valence-electron chi connectivity index (χ4n) is 10.3. The van der Waals surface area contributed by atoms with Crippen LogP contribution in [0, 0.1) is 17.8 Å². The lowest BCUT2D eigenvalue weighted by Gasteiger charge is -2.40. The van der Waals surface area contributed by atoms with E-state index in [0.29, 0.717) is 37.1 Å². The Hall–Kier alpha value is -5.02. The highest BCUT2D eigenvalue weighted by Crippen LogP contribution is 2.44. The first-order valence-corrected chi connectivity index (χ1v) is 28.2. The van der Waals surface area contributed by atoms with Crippen LogP contribution in [0.15, 0.2) is 72.8 Å². The van der Waals surface area contributed by atoms with Gasteiger partial charge in [0, 0.05) is 30.5 Å². The van der Waals surface area contributed by atoms with Crippen LogP contribution in [0.5, 0.6) is 0 Å². The number of rotatable bonds is 35. The van der Waals surface area contributed by atoms with Crippen molar-refractivity contribution in [2.45, 2.75) is 192 Å². The molecule has 0 saturated carbocycles. The van der Waals surface area contributed by atoms with E-state index >= 15 is 0 Å². The molecule has 3 amide bonds. The maximum absolute atomic E-state index is 13.9. The largest absolute Gasteiger partial charge is 0.449 e. The summed E-state index contributed by atoms with van der Waals surface area (Å²) in [5.41, 5.74) is 7.94. The van der Waals surface area contributed by atoms with Crippen molar-refractivity contribution in [1.82, 2.24) is 16.1 Å². The first-order chi connectivity index (χ1) is 37.2. The number of nitrogens with two attached hydrogens (primary N) is 1. The van der Waals surface area contributed by atoms with Crippen molar-refractivity contribution >= 4 is 29.6 Å². The first kappa shape index (κ1) is 62.8. The third-order valence-corrected chi connectivity index (χ3v) is 15.0. The number of nitrogens with one attached hydrogen (secondary N) is 4. The number of hydrogen-bond donors (Lipinski definition) is 10. The minimum Gasteiger partial charge on any atom is -0.449 e. The van der Waals surface area contributed by atoms with Gasteiger partial charge in [-0.3, -0.25) is 20.9 Å². The van der Waals surface area contributed by atoms with Crippen LogP contribution in [-0.4, -0.2) is 125 Å². The van der Waals surface area contributed by atoms with E-state index in [0.717, 1.165) is 47.9 Å². The molecule has 0 bridgehead atoms. The summed E-state index contributed by atoms with van der Waals surface area (Å²) in [6.07, 6.45) is 5.44. The van der Waals surface area contributed by atoms with E-state index in [-0.39, 0.29) is 49.8 Å². The lowest BCUT2D eigenvalue weighted by molar-refractivity contribution is -0.303. The number of anilines is 1. The zero-order valence-electron chi connectivity index (χ0n) is 45.8. The predicted molar refractivity (Wildman–Crippen MR) is 294 cm³/mol. The van der Waals surface area contributed by atoms with E-state index in [1.807, 2.05) is 57.2 Å². The second-order valence-corrected chi connectivity index (χ2v) is 21.3. The number of ketones is 1. The molecular formula is C59H89N5O13. The van der Waals surface area contributed by atoms with Crippen molar-refractivity contribution < 1.29 is 63.7 Å². The second-order valence-electron chi connectivity index (χ2n) is 21.3. The number of benzene rings is 3. The standard InChI is InChI=1S/C59H89N5O13/c1-5-6-7-8-9-10-11-12-13-14-15-16-22-39(4)52(67)48(37-74-57-55(70)54(69)53(68)50(34-65)77-57)63-58(72)75-35-40-28-30-42(31-29-40)62-56(71)41(23-21-32-61-60)33-49(66)51(38(2)3)64-59(73)76-36-47-45-26-19-17-24-43(45)44-25-18-20-27-46(44)47/h17-20,24-31,38-39,41,47-48,50-55,57,61,65,67-70H,5-16,21-23,32-37,60H2,1-4H3,(H,62,71)(H,63,72)(H,64,73)/t39-,41-,48+,50?,51+,52-,53+,54+,55?,57+/m1/s1. The molecule has 3 aromatic rings. The molecule has 0 radical (unpaired) electrons. The molecule has 77 heavy (non-hydrogen) atoms. The molecule has 1 heterocycles. The van der Waals surface area contributed by atoms with Crippen molar-refractivity contribution in [3.63, 3.8) is 0 Å². The molecule has 1 aliphatic carbocycles. The molecule has 2 unspecified atom stereocenters. The topological polar surface area (TPSA) is 280 Å². The molecule has 11 N–H and O–H groups in total. The van der Waals surface area contributed by atoms with Gasteiger partial charge in [-0.15, -0.1) is 0 Å². The molecule has 2 aliphatic rings. The van der Waals surface area contributed by atoms with Gasteiger partial charge in [0.15, 0.2) is 12.1 Å². The van der Waals surface area contributed by atoms with Crippen LogP contribution in [0.3, 0.4) is 0 Å². The van der Waals surface area contributed by atoms with Gasteiger partial charge in [0.25, 0.3) is 0 Å². The van der Waals surface area contributed by atoms with Crippen LogP contribution in [0.2, 0.25) is 0 Å². The molecule has 0 aromatic heterocycles. The minimum atomic E-state index is -1.67. The van der Waals surface area contributed by atoms with Gasteiger partial charge in [-0.25, -0.2) is 9.59 Å². The number of ether oxygens (including phenoxy) is 4. The van der Waals surface area contributed by atoms with E-state index in [2.05, 4.69) is 40.4 Å². The molecule has 18 nitrogen and oxygen atoms in total. The summed E-state index contributed by atoms with van der Waals surface area (Å²) in [7, 11) is 0. The van der Waals surface area contributed by atoms with Gasteiger partial charge in [-0.1, -0.05) is 165 Å². The Balaban J connectivity index is 1.12. The Kier molecular flexibility index (Phi) is 27.3. The highest BCUT2D eigenvalue weighted by molar-refractivity contribution is 5.97. The lowest BCUT2D eigenvalue weighted by atomic mass is 9.89. The number of aliphatic hydroxyl groups is 5. The molecule has 0 spiro atoms. The van der Waals surface area contributed by atoms with Gasteiger partial charge < -0.3 is 60.4 Å². The SMILES string of the molecule is CCCCCCCCCCCCCC[C@@H](C)[C@@H](O)[C@H](CO[C@H]1OC(CO)[C@H](O)[C@H](O)C1O)NC(=O)OCc1ccc(NC(=O)[C@H](CCCNN)CC(=O)[C@@H](NC(=O)OCC2c3ccccc3-c3ccccc32)C(C)C)cc1. The average Bonchev–Trinajstić information content (AvgIpc) is 3.76. The number of aliphatic hydroxyl groups excluding tert-OH is 5. The quantitative estimate of drug-likeness (QED) is 0.0155. The van der Waals surface area contributed by atoms with Crippen molar-refractivity contribution in [3.8, 4) is 11.1 Å². The molecule has 5 rings (SSSR count). The summed E-state index contributed by atoms with van der Waals surface area (Å²) >= 11 is 0. The highest BCUT2D eigenvalue weighted by atomic mass is 16.7. The average molecular weight is 1080 g/mol. The molecule has 428 valence electrons. The van der Waals surface area contributed by atoms with E-state index in [1.165, 1.54) is 51.4 Å². The van der Waals surface area contributed by atoms with E-state index in [1.54, 1.807) is 24.3 Å². The van der Waals surface area contributed by atoms with Gasteiger partial charge in [0.05, 0.1) is 31.4 Å². The van der Waals surface area contributed by atoms with E-state index in [9.17, 15) is 44.7 Å². The van der Waals surface area contributed by atoms with Crippen LogP contribution in [0.1, 0.15) is 153 Å². The smallest absolute Gasteiger partial charge is 0.407 e. The summed E-state index contributed by atoms with van der Waals surface area (Å²) in [6, 6.07) is 20.7. The monoisotopic (exact) mass is 1080 g/mol. The van der Waals surface area contributed by atoms with Crippen molar-refractivity contribution in [2.75, 3.05) is 31.7 Å². The van der Waals surface area contributed by atoms with Gasteiger partial charge >= 0.3 is 12.2 Å². The van der Waals surface area contributed by atoms with Gasteiger partial charge in [0.1, 0.15) is 37.6 Å². The Morgan fingerprint density at radius 2 is 1.29 bits per heavy atom. The van der Waals surface area contributed by atoms with Crippen LogP contribution in [0.4, 0.5) is 15.3 Å². The van der Waals surface area contributed by atoms with Gasteiger partial charge in [-0.05, 0) is 71.0 Å². The first-order valence-electron chi connectivity index (χ1n) is 28.2. The van der Waals surface area contributed by atoms with E-state index < -0.39 is 79.5 Å². The third-order valence-electron chi connectivity index (χ3n) is 15.0. The van der Waals surface area contributed by atoms with Gasteiger partial charge in [-0.2, -0.15) is 0 Å². The zero-order chi connectivity index (χ0) is 55.7. The van der Waals surface area contributed by atoms with Crippen molar-refractivity contribution in [3.05, 3.63) is 89.5 Å². The summed E-state index contributed by atoms with van der Waals surface area (Å²) in [5, 5.41) is 60.7. The van der Waals surface area contributed by atoms with Crippen LogP contribution in [0.25, 0.3) is 11.1 Å². The molecule has 10 atom stereocenters. The molecule has 1 fully saturated rings. The summed E-state index contributed by atoms with van der Waals surface area (Å²) in [6.45, 7) is 7.06. The predicted octanol–water partition coefficient (Wildman–Crippen LogP) is 7.51. The zero-order valence-corrected chi connectivity index (χ0v) is 45.8. The number of alkyl carbamates (subject to hydrolysis) is 2.